The highest BCUT2D eigenvalue weighted by Crippen LogP contribution is 2.17. The van der Waals surface area contributed by atoms with Crippen LogP contribution in [0.2, 0.25) is 0 Å². The third-order valence-corrected chi connectivity index (χ3v) is 14.0. The smallest absolute Gasteiger partial charge is 0.306 e. The number of carbonyl (C=O) groups excluding carboxylic acids is 3. The SMILES string of the molecule is CC/C=C\C/C=C\C/C=C\CCCCCCCC(=O)OC(COC(=O)CCCCCCCCCCC)COC(=O)CCCCCCCCCCCCCCCCCCCCC/C=C\C/C=C\CCCCCCC. The second-order valence-electron chi connectivity index (χ2n) is 21.3. The van der Waals surface area contributed by atoms with Crippen LogP contribution in [-0.2, 0) is 28.6 Å². The van der Waals surface area contributed by atoms with E-state index in [4.69, 9.17) is 14.2 Å². The highest BCUT2D eigenvalue weighted by Gasteiger charge is 2.19. The van der Waals surface area contributed by atoms with E-state index in [0.29, 0.717) is 19.3 Å². The molecule has 0 amide bonds. The molecule has 0 rings (SSSR count). The molecule has 0 aliphatic rings. The Morgan fingerprint density at radius 2 is 0.534 bits per heavy atom. The van der Waals surface area contributed by atoms with Crippen molar-refractivity contribution in [3.8, 4) is 0 Å². The predicted molar refractivity (Wildman–Crippen MR) is 316 cm³/mol. The average molecular weight is 1020 g/mol. The fourth-order valence-corrected chi connectivity index (χ4v) is 9.25. The van der Waals surface area contributed by atoms with E-state index in [1.54, 1.807) is 0 Å². The van der Waals surface area contributed by atoms with Gasteiger partial charge in [-0.15, -0.1) is 0 Å². The zero-order valence-electron chi connectivity index (χ0n) is 48.7. The monoisotopic (exact) mass is 1020 g/mol. The number of hydrogen-bond donors (Lipinski definition) is 0. The third kappa shape index (κ3) is 59.9. The van der Waals surface area contributed by atoms with Gasteiger partial charge in [0.1, 0.15) is 13.2 Å². The molecule has 0 aliphatic heterocycles. The Morgan fingerprint density at radius 3 is 0.836 bits per heavy atom. The van der Waals surface area contributed by atoms with Crippen molar-refractivity contribution < 1.29 is 28.6 Å². The third-order valence-electron chi connectivity index (χ3n) is 14.0. The molecule has 0 aromatic rings. The Kier molecular flexibility index (Phi) is 59.2. The van der Waals surface area contributed by atoms with Gasteiger partial charge in [0, 0.05) is 19.3 Å². The number of rotatable bonds is 58. The first-order chi connectivity index (χ1) is 36.0. The minimum absolute atomic E-state index is 0.0775. The Bertz CT molecular complexity index is 1310. The minimum atomic E-state index is -0.779. The van der Waals surface area contributed by atoms with Gasteiger partial charge in [-0.3, -0.25) is 14.4 Å². The minimum Gasteiger partial charge on any atom is -0.462 e. The molecule has 1 atom stereocenters. The number of carbonyl (C=O) groups is 3. The summed E-state index contributed by atoms with van der Waals surface area (Å²) in [6, 6.07) is 0. The zero-order chi connectivity index (χ0) is 52.9. The van der Waals surface area contributed by atoms with Crippen molar-refractivity contribution in [3.05, 3.63) is 60.8 Å². The number of esters is 3. The maximum absolute atomic E-state index is 12.8. The molecule has 424 valence electrons. The molecule has 0 spiro atoms. The second kappa shape index (κ2) is 61.7. The van der Waals surface area contributed by atoms with Gasteiger partial charge < -0.3 is 14.2 Å². The van der Waals surface area contributed by atoms with Crippen LogP contribution >= 0.6 is 0 Å². The van der Waals surface area contributed by atoms with Crippen LogP contribution in [0.1, 0.15) is 329 Å². The van der Waals surface area contributed by atoms with E-state index in [0.717, 1.165) is 103 Å². The fourth-order valence-electron chi connectivity index (χ4n) is 9.25. The summed E-state index contributed by atoms with van der Waals surface area (Å²) in [5, 5.41) is 0. The molecule has 73 heavy (non-hydrogen) atoms. The molecule has 0 saturated heterocycles. The molecule has 0 heterocycles. The van der Waals surface area contributed by atoms with Gasteiger partial charge in [0.15, 0.2) is 6.10 Å². The highest BCUT2D eigenvalue weighted by molar-refractivity contribution is 5.71. The summed E-state index contributed by atoms with van der Waals surface area (Å²) in [5.74, 6) is -0.883. The molecule has 1 unspecified atom stereocenters. The summed E-state index contributed by atoms with van der Waals surface area (Å²) in [4.78, 5) is 38.1. The van der Waals surface area contributed by atoms with Gasteiger partial charge in [-0.05, 0) is 83.5 Å². The quantitative estimate of drug-likeness (QED) is 0.0261. The van der Waals surface area contributed by atoms with Crippen LogP contribution in [0.4, 0.5) is 0 Å². The Labute approximate surface area is 453 Å². The van der Waals surface area contributed by atoms with Crippen LogP contribution in [0, 0.1) is 0 Å². The lowest BCUT2D eigenvalue weighted by Gasteiger charge is -2.18. The van der Waals surface area contributed by atoms with Crippen LogP contribution in [0.15, 0.2) is 60.8 Å². The van der Waals surface area contributed by atoms with Gasteiger partial charge in [0.05, 0.1) is 0 Å². The summed E-state index contributed by atoms with van der Waals surface area (Å²) in [7, 11) is 0. The van der Waals surface area contributed by atoms with Crippen molar-refractivity contribution in [1.29, 1.82) is 0 Å². The van der Waals surface area contributed by atoms with Gasteiger partial charge in [-0.25, -0.2) is 0 Å². The lowest BCUT2D eigenvalue weighted by molar-refractivity contribution is -0.167. The van der Waals surface area contributed by atoms with Gasteiger partial charge in [0.2, 0.25) is 0 Å². The molecule has 0 bridgehead atoms. The molecule has 0 saturated carbocycles. The first-order valence-electron chi connectivity index (χ1n) is 31.8. The Balaban J connectivity index is 4.07. The molecule has 0 N–H and O–H groups in total. The van der Waals surface area contributed by atoms with E-state index in [2.05, 4.69) is 81.5 Å². The van der Waals surface area contributed by atoms with Crippen LogP contribution < -0.4 is 0 Å². The topological polar surface area (TPSA) is 78.9 Å². The normalized spacial score (nSPS) is 12.4. The summed E-state index contributed by atoms with van der Waals surface area (Å²) in [6.45, 7) is 6.52. The van der Waals surface area contributed by atoms with Crippen LogP contribution in [0.3, 0.4) is 0 Å². The molecule has 6 nitrogen and oxygen atoms in total. The van der Waals surface area contributed by atoms with Gasteiger partial charge in [-0.2, -0.15) is 0 Å². The van der Waals surface area contributed by atoms with Crippen LogP contribution in [-0.4, -0.2) is 37.2 Å². The van der Waals surface area contributed by atoms with E-state index in [1.165, 1.54) is 186 Å². The largest absolute Gasteiger partial charge is 0.462 e. The maximum atomic E-state index is 12.8. The number of ether oxygens (including phenoxy) is 3. The maximum Gasteiger partial charge on any atom is 0.306 e. The number of unbranched alkanes of at least 4 members (excludes halogenated alkanes) is 37. The number of hydrogen-bond acceptors (Lipinski definition) is 6. The number of allylic oxidation sites excluding steroid dienone is 10. The Hall–Kier alpha value is -2.89. The summed E-state index contributed by atoms with van der Waals surface area (Å²) >= 11 is 0. The van der Waals surface area contributed by atoms with E-state index in [9.17, 15) is 14.4 Å². The van der Waals surface area contributed by atoms with Gasteiger partial charge in [0.25, 0.3) is 0 Å². The molecule has 6 heteroatoms. The van der Waals surface area contributed by atoms with Crippen molar-refractivity contribution in [2.24, 2.45) is 0 Å². The molecular weight excluding hydrogens is 901 g/mol. The van der Waals surface area contributed by atoms with E-state index >= 15 is 0 Å². The molecule has 0 fully saturated rings. The standard InChI is InChI=1S/C67H120O6/c1-4-7-10-13-16-19-21-23-25-26-27-28-29-30-31-32-33-34-35-36-37-38-39-40-42-43-45-48-51-54-57-60-66(69)72-63-64(62-71-65(68)59-56-53-50-47-18-15-12-9-6-3)73-67(70)61-58-55-52-49-46-44-41-24-22-20-17-14-11-8-5-2/h8,11,17,20-21,23-24,26-27,41,64H,4-7,9-10,12-16,18-19,22,25,28-40,42-63H2,1-3H3/b11-8-,20-17-,23-21-,27-26-,41-24-. The summed E-state index contributed by atoms with van der Waals surface area (Å²) < 4.78 is 16.8. The molecule has 0 aromatic carbocycles. The summed E-state index contributed by atoms with van der Waals surface area (Å²) in [6.07, 6.45) is 78.3. The molecule has 0 aliphatic carbocycles. The van der Waals surface area contributed by atoms with Crippen LogP contribution in [0.5, 0.6) is 0 Å². The summed E-state index contributed by atoms with van der Waals surface area (Å²) in [5.41, 5.74) is 0. The fraction of sp³-hybridized carbons (Fsp3) is 0.806. The van der Waals surface area contributed by atoms with Gasteiger partial charge in [-0.1, -0.05) is 287 Å². The van der Waals surface area contributed by atoms with Crippen molar-refractivity contribution in [2.45, 2.75) is 335 Å². The van der Waals surface area contributed by atoms with Gasteiger partial charge >= 0.3 is 17.9 Å². The first kappa shape index (κ1) is 70.1. The predicted octanol–water partition coefficient (Wildman–Crippen LogP) is 21.6. The van der Waals surface area contributed by atoms with E-state index in [-0.39, 0.29) is 31.1 Å². The second-order valence-corrected chi connectivity index (χ2v) is 21.3. The molecular formula is C67H120O6. The Morgan fingerprint density at radius 1 is 0.288 bits per heavy atom. The van der Waals surface area contributed by atoms with E-state index in [1.807, 2.05) is 0 Å². The van der Waals surface area contributed by atoms with E-state index < -0.39 is 6.10 Å². The molecule has 0 radical (unpaired) electrons. The molecule has 0 aromatic heterocycles. The lowest BCUT2D eigenvalue weighted by atomic mass is 10.0. The van der Waals surface area contributed by atoms with Crippen LogP contribution in [0.25, 0.3) is 0 Å². The van der Waals surface area contributed by atoms with Crippen molar-refractivity contribution in [3.63, 3.8) is 0 Å². The average Bonchev–Trinajstić information content (AvgIpc) is 3.39. The highest BCUT2D eigenvalue weighted by atomic mass is 16.6. The lowest BCUT2D eigenvalue weighted by Crippen LogP contribution is -2.30. The van der Waals surface area contributed by atoms with Crippen molar-refractivity contribution in [2.75, 3.05) is 13.2 Å². The van der Waals surface area contributed by atoms with Crippen molar-refractivity contribution >= 4 is 17.9 Å². The first-order valence-corrected chi connectivity index (χ1v) is 31.8. The van der Waals surface area contributed by atoms with Crippen molar-refractivity contribution in [1.82, 2.24) is 0 Å². The zero-order valence-corrected chi connectivity index (χ0v) is 48.7.